The van der Waals surface area contributed by atoms with Crippen molar-refractivity contribution < 1.29 is 4.79 Å². The van der Waals surface area contributed by atoms with E-state index in [1.807, 2.05) is 18.2 Å². The zero-order chi connectivity index (χ0) is 12.3. The average molecular weight is 250 g/mol. The molecule has 1 aromatic carbocycles. The van der Waals surface area contributed by atoms with Gasteiger partial charge >= 0.3 is 0 Å². The highest BCUT2D eigenvalue weighted by Gasteiger charge is 2.46. The van der Waals surface area contributed by atoms with Gasteiger partial charge in [0.15, 0.2) is 0 Å². The summed E-state index contributed by atoms with van der Waals surface area (Å²) in [5.41, 5.74) is 12.0. The Morgan fingerprint density at radius 1 is 1.35 bits per heavy atom. The first-order chi connectivity index (χ1) is 8.13. The lowest BCUT2D eigenvalue weighted by Gasteiger charge is -2.25. The standard InChI is InChI=1S/C13H18N2OS/c14-12(16)13(15,11-6-7-11)9-17-8-10-4-2-1-3-5-10/h1-5,11H,6-9,15H2,(H2,14,16). The summed E-state index contributed by atoms with van der Waals surface area (Å²) >= 11 is 1.68. The molecule has 17 heavy (non-hydrogen) atoms. The van der Waals surface area contributed by atoms with Crippen LogP contribution in [0.3, 0.4) is 0 Å². The van der Waals surface area contributed by atoms with E-state index in [1.54, 1.807) is 11.8 Å². The maximum atomic E-state index is 11.4. The quantitative estimate of drug-likeness (QED) is 0.804. The summed E-state index contributed by atoms with van der Waals surface area (Å²) in [4.78, 5) is 11.4. The molecule has 1 atom stereocenters. The Kier molecular flexibility index (Phi) is 3.74. The molecule has 1 aliphatic rings. The van der Waals surface area contributed by atoms with Crippen molar-refractivity contribution in [3.8, 4) is 0 Å². The van der Waals surface area contributed by atoms with Crippen LogP contribution in [0.25, 0.3) is 0 Å². The third-order valence-corrected chi connectivity index (χ3v) is 4.44. The molecule has 0 heterocycles. The topological polar surface area (TPSA) is 69.1 Å². The number of thioether (sulfide) groups is 1. The zero-order valence-corrected chi connectivity index (χ0v) is 10.6. The molecule has 0 aromatic heterocycles. The Labute approximate surface area is 106 Å². The Bertz CT molecular complexity index is 392. The number of nitrogens with two attached hydrogens (primary N) is 2. The van der Waals surface area contributed by atoms with Gasteiger partial charge in [0.1, 0.15) is 5.54 Å². The van der Waals surface area contributed by atoms with Gasteiger partial charge in [-0.15, -0.1) is 0 Å². The van der Waals surface area contributed by atoms with Gasteiger partial charge in [-0.05, 0) is 24.3 Å². The molecular weight excluding hydrogens is 232 g/mol. The molecule has 4 heteroatoms. The third kappa shape index (κ3) is 3.01. The van der Waals surface area contributed by atoms with E-state index in [2.05, 4.69) is 12.1 Å². The molecule has 1 fully saturated rings. The van der Waals surface area contributed by atoms with Gasteiger partial charge in [-0.2, -0.15) is 11.8 Å². The minimum Gasteiger partial charge on any atom is -0.368 e. The number of primary amides is 1. The normalized spacial score (nSPS) is 18.6. The van der Waals surface area contributed by atoms with Crippen LogP contribution in [0.2, 0.25) is 0 Å². The molecule has 0 saturated heterocycles. The van der Waals surface area contributed by atoms with Crippen LogP contribution in [-0.2, 0) is 10.5 Å². The zero-order valence-electron chi connectivity index (χ0n) is 9.76. The van der Waals surface area contributed by atoms with E-state index < -0.39 is 5.54 Å². The first-order valence-electron chi connectivity index (χ1n) is 5.83. The maximum Gasteiger partial charge on any atom is 0.238 e. The van der Waals surface area contributed by atoms with Crippen LogP contribution in [-0.4, -0.2) is 17.2 Å². The van der Waals surface area contributed by atoms with Crippen molar-refractivity contribution in [1.29, 1.82) is 0 Å². The molecule has 1 aliphatic carbocycles. The van der Waals surface area contributed by atoms with E-state index in [1.165, 1.54) is 5.56 Å². The molecule has 3 nitrogen and oxygen atoms in total. The van der Waals surface area contributed by atoms with Crippen molar-refractivity contribution in [3.05, 3.63) is 35.9 Å². The van der Waals surface area contributed by atoms with Gasteiger partial charge < -0.3 is 11.5 Å². The molecule has 4 N–H and O–H groups in total. The minimum atomic E-state index is -0.806. The molecule has 1 unspecified atom stereocenters. The largest absolute Gasteiger partial charge is 0.368 e. The van der Waals surface area contributed by atoms with Crippen LogP contribution in [0.15, 0.2) is 30.3 Å². The molecule has 1 saturated carbocycles. The van der Waals surface area contributed by atoms with Crippen molar-refractivity contribution in [1.82, 2.24) is 0 Å². The third-order valence-electron chi connectivity index (χ3n) is 3.22. The van der Waals surface area contributed by atoms with Crippen LogP contribution in [0, 0.1) is 5.92 Å². The predicted molar refractivity (Wildman–Crippen MR) is 71.4 cm³/mol. The van der Waals surface area contributed by atoms with E-state index in [0.717, 1.165) is 18.6 Å². The van der Waals surface area contributed by atoms with Crippen LogP contribution >= 0.6 is 11.8 Å². The number of carbonyl (C=O) groups is 1. The Morgan fingerprint density at radius 2 is 2.00 bits per heavy atom. The average Bonchev–Trinajstić information content (AvgIpc) is 3.14. The lowest BCUT2D eigenvalue weighted by Crippen LogP contribution is -2.56. The summed E-state index contributed by atoms with van der Waals surface area (Å²) in [5, 5.41) is 0. The number of carbonyl (C=O) groups excluding carboxylic acids is 1. The Morgan fingerprint density at radius 3 is 2.53 bits per heavy atom. The van der Waals surface area contributed by atoms with Gasteiger partial charge in [0, 0.05) is 11.5 Å². The first kappa shape index (κ1) is 12.5. The summed E-state index contributed by atoms with van der Waals surface area (Å²) in [6.07, 6.45) is 2.07. The Balaban J connectivity index is 1.86. The van der Waals surface area contributed by atoms with Gasteiger partial charge in [0.2, 0.25) is 5.91 Å². The number of benzene rings is 1. The number of hydrogen-bond acceptors (Lipinski definition) is 3. The van der Waals surface area contributed by atoms with E-state index >= 15 is 0 Å². The van der Waals surface area contributed by atoms with Crippen molar-refractivity contribution in [2.45, 2.75) is 24.1 Å². The minimum absolute atomic E-state index is 0.295. The molecule has 1 aromatic rings. The van der Waals surface area contributed by atoms with Crippen molar-refractivity contribution >= 4 is 17.7 Å². The fraction of sp³-hybridized carbons (Fsp3) is 0.462. The van der Waals surface area contributed by atoms with Crippen LogP contribution in [0.1, 0.15) is 18.4 Å². The second-order valence-electron chi connectivity index (χ2n) is 4.66. The SMILES string of the molecule is NC(=O)C(N)(CSCc1ccccc1)C1CC1. The van der Waals surface area contributed by atoms with Gasteiger partial charge in [-0.3, -0.25) is 4.79 Å². The van der Waals surface area contributed by atoms with Gasteiger partial charge in [0.05, 0.1) is 0 Å². The number of amides is 1. The molecule has 2 rings (SSSR count). The van der Waals surface area contributed by atoms with Gasteiger partial charge in [-0.25, -0.2) is 0 Å². The van der Waals surface area contributed by atoms with E-state index in [4.69, 9.17) is 11.5 Å². The molecular formula is C13H18N2OS. The lowest BCUT2D eigenvalue weighted by molar-refractivity contribution is -0.123. The fourth-order valence-corrected chi connectivity index (χ4v) is 3.15. The smallest absolute Gasteiger partial charge is 0.238 e. The van der Waals surface area contributed by atoms with Crippen molar-refractivity contribution in [2.24, 2.45) is 17.4 Å². The summed E-state index contributed by atoms with van der Waals surface area (Å²) < 4.78 is 0. The number of rotatable bonds is 6. The number of hydrogen-bond donors (Lipinski definition) is 2. The summed E-state index contributed by atoms with van der Waals surface area (Å²) in [6, 6.07) is 10.2. The maximum absolute atomic E-state index is 11.4. The highest BCUT2D eigenvalue weighted by atomic mass is 32.2. The van der Waals surface area contributed by atoms with Crippen molar-refractivity contribution in [3.63, 3.8) is 0 Å². The molecule has 92 valence electrons. The first-order valence-corrected chi connectivity index (χ1v) is 6.99. The monoisotopic (exact) mass is 250 g/mol. The van der Waals surface area contributed by atoms with Gasteiger partial charge in [0.25, 0.3) is 0 Å². The lowest BCUT2D eigenvalue weighted by atomic mass is 9.96. The molecule has 0 spiro atoms. The van der Waals surface area contributed by atoms with E-state index in [-0.39, 0.29) is 5.91 Å². The second kappa shape index (κ2) is 5.10. The summed E-state index contributed by atoms with van der Waals surface area (Å²) in [7, 11) is 0. The summed E-state index contributed by atoms with van der Waals surface area (Å²) in [6.45, 7) is 0. The highest BCUT2D eigenvalue weighted by molar-refractivity contribution is 7.98. The van der Waals surface area contributed by atoms with Crippen LogP contribution in [0.5, 0.6) is 0 Å². The molecule has 1 amide bonds. The summed E-state index contributed by atoms with van der Waals surface area (Å²) in [5.74, 6) is 1.42. The van der Waals surface area contributed by atoms with Crippen molar-refractivity contribution in [2.75, 3.05) is 5.75 Å². The molecule has 0 aliphatic heterocycles. The van der Waals surface area contributed by atoms with Gasteiger partial charge in [-0.1, -0.05) is 30.3 Å². The molecule has 0 bridgehead atoms. The highest BCUT2D eigenvalue weighted by Crippen LogP contribution is 2.40. The van der Waals surface area contributed by atoms with E-state index in [0.29, 0.717) is 11.7 Å². The fourth-order valence-electron chi connectivity index (χ4n) is 1.90. The van der Waals surface area contributed by atoms with Crippen LogP contribution < -0.4 is 11.5 Å². The Hall–Kier alpha value is -1.00. The molecule has 0 radical (unpaired) electrons. The second-order valence-corrected chi connectivity index (χ2v) is 5.64. The van der Waals surface area contributed by atoms with E-state index in [9.17, 15) is 4.79 Å². The van der Waals surface area contributed by atoms with Crippen LogP contribution in [0.4, 0.5) is 0 Å². The predicted octanol–water partition coefficient (Wildman–Crippen LogP) is 1.51.